The average molecular weight is 444 g/mol. The SMILES string of the molecule is CC(C)C(NC(=O)CNC(c1ccccc1)c1nnnn1C(C)(C)C)C(=O)NC(C)(C)C. The number of carbonyl (C=O) groups excluding carboxylic acids is 2. The Morgan fingerprint density at radius 1 is 1.03 bits per heavy atom. The van der Waals surface area contributed by atoms with Crippen molar-refractivity contribution >= 4 is 11.8 Å². The van der Waals surface area contributed by atoms with E-state index in [4.69, 9.17) is 0 Å². The molecule has 1 aromatic heterocycles. The van der Waals surface area contributed by atoms with Crippen LogP contribution in [0, 0.1) is 5.92 Å². The number of nitrogens with zero attached hydrogens (tertiary/aromatic N) is 4. The van der Waals surface area contributed by atoms with Gasteiger partial charge in [0.2, 0.25) is 11.8 Å². The summed E-state index contributed by atoms with van der Waals surface area (Å²) in [7, 11) is 0. The van der Waals surface area contributed by atoms with Crippen LogP contribution in [0.3, 0.4) is 0 Å². The predicted octanol–water partition coefficient (Wildman–Crippen LogP) is 2.16. The van der Waals surface area contributed by atoms with Crippen LogP contribution in [0.1, 0.15) is 72.8 Å². The lowest BCUT2D eigenvalue weighted by atomic mass is 10.0. The molecular formula is C23H37N7O2. The maximum absolute atomic E-state index is 12.8. The maximum atomic E-state index is 12.8. The molecule has 9 nitrogen and oxygen atoms in total. The van der Waals surface area contributed by atoms with Crippen LogP contribution in [0.25, 0.3) is 0 Å². The fourth-order valence-electron chi connectivity index (χ4n) is 3.26. The molecule has 32 heavy (non-hydrogen) atoms. The van der Waals surface area contributed by atoms with Crippen molar-refractivity contribution in [3.63, 3.8) is 0 Å². The zero-order valence-corrected chi connectivity index (χ0v) is 20.4. The van der Waals surface area contributed by atoms with Crippen molar-refractivity contribution in [1.82, 2.24) is 36.2 Å². The first-order valence-electron chi connectivity index (χ1n) is 11.0. The van der Waals surface area contributed by atoms with E-state index in [2.05, 4.69) is 31.5 Å². The second-order valence-corrected chi connectivity index (χ2v) is 10.4. The van der Waals surface area contributed by atoms with Gasteiger partial charge in [-0.2, -0.15) is 0 Å². The van der Waals surface area contributed by atoms with Gasteiger partial charge < -0.3 is 10.6 Å². The third-order valence-corrected chi connectivity index (χ3v) is 4.75. The van der Waals surface area contributed by atoms with Gasteiger partial charge in [0.25, 0.3) is 0 Å². The number of carbonyl (C=O) groups is 2. The van der Waals surface area contributed by atoms with Crippen LogP contribution in [0.4, 0.5) is 0 Å². The molecule has 3 N–H and O–H groups in total. The lowest BCUT2D eigenvalue weighted by Crippen LogP contribution is -2.55. The number of hydrogen-bond acceptors (Lipinski definition) is 6. The Hall–Kier alpha value is -2.81. The van der Waals surface area contributed by atoms with E-state index in [1.165, 1.54) is 0 Å². The Balaban J connectivity index is 2.19. The van der Waals surface area contributed by atoms with E-state index >= 15 is 0 Å². The molecule has 0 bridgehead atoms. The smallest absolute Gasteiger partial charge is 0.243 e. The van der Waals surface area contributed by atoms with Crippen molar-refractivity contribution in [3.05, 3.63) is 41.7 Å². The van der Waals surface area contributed by atoms with Crippen molar-refractivity contribution < 1.29 is 9.59 Å². The topological polar surface area (TPSA) is 114 Å². The second-order valence-electron chi connectivity index (χ2n) is 10.4. The number of amides is 2. The van der Waals surface area contributed by atoms with Crippen molar-refractivity contribution in [3.8, 4) is 0 Å². The minimum atomic E-state index is -0.626. The summed E-state index contributed by atoms with van der Waals surface area (Å²) < 4.78 is 1.75. The highest BCUT2D eigenvalue weighted by Gasteiger charge is 2.29. The van der Waals surface area contributed by atoms with Crippen molar-refractivity contribution in [1.29, 1.82) is 0 Å². The summed E-state index contributed by atoms with van der Waals surface area (Å²) in [5.74, 6) is 0.0856. The number of rotatable bonds is 8. The Morgan fingerprint density at radius 2 is 1.66 bits per heavy atom. The molecule has 0 saturated carbocycles. The summed E-state index contributed by atoms with van der Waals surface area (Å²) in [6.45, 7) is 15.6. The first-order chi connectivity index (χ1) is 14.8. The highest BCUT2D eigenvalue weighted by molar-refractivity contribution is 5.88. The minimum absolute atomic E-state index is 0.00256. The standard InChI is InChI=1S/C23H37N7O2/c1-15(2)18(21(32)26-22(3,4)5)25-17(31)14-24-19(16-12-10-9-11-13-16)20-27-28-29-30(20)23(6,7)8/h9-13,15,18-19,24H,14H2,1-8H3,(H,25,31)(H,26,32). The van der Waals surface area contributed by atoms with Crippen LogP contribution >= 0.6 is 0 Å². The van der Waals surface area contributed by atoms with E-state index in [1.54, 1.807) is 4.68 Å². The Morgan fingerprint density at radius 3 is 2.19 bits per heavy atom. The molecule has 1 aromatic carbocycles. The van der Waals surface area contributed by atoms with Gasteiger partial charge in [0.1, 0.15) is 6.04 Å². The van der Waals surface area contributed by atoms with E-state index in [9.17, 15) is 9.59 Å². The highest BCUT2D eigenvalue weighted by atomic mass is 16.2. The number of nitrogens with one attached hydrogen (secondary N) is 3. The summed E-state index contributed by atoms with van der Waals surface area (Å²) in [6.07, 6.45) is 0. The molecule has 2 amide bonds. The maximum Gasteiger partial charge on any atom is 0.243 e. The zero-order chi connectivity index (χ0) is 24.1. The number of benzene rings is 1. The van der Waals surface area contributed by atoms with Gasteiger partial charge >= 0.3 is 0 Å². The van der Waals surface area contributed by atoms with E-state index in [0.717, 1.165) is 5.56 Å². The molecule has 0 saturated heterocycles. The molecule has 0 fully saturated rings. The van der Waals surface area contributed by atoms with Crippen LogP contribution in [0.15, 0.2) is 30.3 Å². The normalized spacial score (nSPS) is 14.2. The molecule has 0 aliphatic carbocycles. The molecule has 2 unspecified atom stereocenters. The Labute approximate surface area is 190 Å². The van der Waals surface area contributed by atoms with Gasteiger partial charge in [-0.1, -0.05) is 44.2 Å². The summed E-state index contributed by atoms with van der Waals surface area (Å²) in [4.78, 5) is 25.5. The Bertz CT molecular complexity index is 895. The van der Waals surface area contributed by atoms with E-state index in [1.807, 2.05) is 85.7 Å². The lowest BCUT2D eigenvalue weighted by Gasteiger charge is -2.28. The quantitative estimate of drug-likeness (QED) is 0.576. The van der Waals surface area contributed by atoms with Crippen molar-refractivity contribution in [2.75, 3.05) is 6.54 Å². The van der Waals surface area contributed by atoms with Crippen molar-refractivity contribution in [2.45, 2.75) is 78.6 Å². The fraction of sp³-hybridized carbons (Fsp3) is 0.609. The van der Waals surface area contributed by atoms with E-state index in [-0.39, 0.29) is 35.4 Å². The van der Waals surface area contributed by atoms with Gasteiger partial charge in [0.05, 0.1) is 18.1 Å². The van der Waals surface area contributed by atoms with Crippen LogP contribution in [0.5, 0.6) is 0 Å². The number of tetrazole rings is 1. The molecule has 2 rings (SSSR count). The van der Waals surface area contributed by atoms with Gasteiger partial charge in [0.15, 0.2) is 5.82 Å². The van der Waals surface area contributed by atoms with Crippen LogP contribution in [-0.2, 0) is 15.1 Å². The lowest BCUT2D eigenvalue weighted by molar-refractivity contribution is -0.130. The third-order valence-electron chi connectivity index (χ3n) is 4.75. The zero-order valence-electron chi connectivity index (χ0n) is 20.4. The van der Waals surface area contributed by atoms with Crippen molar-refractivity contribution in [2.24, 2.45) is 5.92 Å². The molecule has 2 aromatic rings. The Kier molecular flexibility index (Phi) is 8.12. The van der Waals surface area contributed by atoms with E-state index < -0.39 is 12.1 Å². The molecule has 176 valence electrons. The molecule has 1 heterocycles. The largest absolute Gasteiger partial charge is 0.350 e. The number of hydrogen-bond donors (Lipinski definition) is 3. The van der Waals surface area contributed by atoms with Crippen LogP contribution < -0.4 is 16.0 Å². The molecule has 0 spiro atoms. The minimum Gasteiger partial charge on any atom is -0.350 e. The fourth-order valence-corrected chi connectivity index (χ4v) is 3.26. The first kappa shape index (κ1) is 25.5. The first-order valence-corrected chi connectivity index (χ1v) is 11.0. The second kappa shape index (κ2) is 10.2. The molecule has 0 aliphatic rings. The molecular weight excluding hydrogens is 406 g/mol. The molecule has 9 heteroatoms. The summed E-state index contributed by atoms with van der Waals surface area (Å²) >= 11 is 0. The summed E-state index contributed by atoms with van der Waals surface area (Å²) in [5, 5.41) is 21.3. The summed E-state index contributed by atoms with van der Waals surface area (Å²) in [5.41, 5.74) is 0.227. The van der Waals surface area contributed by atoms with Gasteiger partial charge in [0, 0.05) is 5.54 Å². The monoisotopic (exact) mass is 443 g/mol. The van der Waals surface area contributed by atoms with Gasteiger partial charge in [-0.15, -0.1) is 5.10 Å². The van der Waals surface area contributed by atoms with E-state index in [0.29, 0.717) is 5.82 Å². The van der Waals surface area contributed by atoms with Gasteiger partial charge in [-0.25, -0.2) is 4.68 Å². The molecule has 0 aliphatic heterocycles. The molecule has 2 atom stereocenters. The molecule has 0 radical (unpaired) electrons. The number of aromatic nitrogens is 4. The third kappa shape index (κ3) is 7.12. The average Bonchev–Trinajstić information content (AvgIpc) is 3.15. The van der Waals surface area contributed by atoms with Gasteiger partial charge in [-0.3, -0.25) is 14.9 Å². The van der Waals surface area contributed by atoms with Gasteiger partial charge in [-0.05, 0) is 63.5 Å². The van der Waals surface area contributed by atoms with Crippen LogP contribution in [-0.4, -0.2) is 50.1 Å². The predicted molar refractivity (Wildman–Crippen MR) is 124 cm³/mol. The summed E-state index contributed by atoms with van der Waals surface area (Å²) in [6, 6.07) is 8.70. The highest BCUT2D eigenvalue weighted by Crippen LogP contribution is 2.23. The van der Waals surface area contributed by atoms with Crippen LogP contribution in [0.2, 0.25) is 0 Å².